The van der Waals surface area contributed by atoms with Gasteiger partial charge < -0.3 is 4.98 Å². The number of nitrogens with one attached hydrogen (secondary N) is 1. The van der Waals surface area contributed by atoms with Crippen LogP contribution >= 0.6 is 28.1 Å². The van der Waals surface area contributed by atoms with Crippen molar-refractivity contribution in [3.05, 3.63) is 32.9 Å². The van der Waals surface area contributed by atoms with Crippen LogP contribution in [0.15, 0.2) is 16.7 Å². The predicted octanol–water partition coefficient (Wildman–Crippen LogP) is 2.98. The Kier molecular flexibility index (Phi) is 3.11. The minimum atomic E-state index is 0.530. The Labute approximate surface area is 106 Å². The van der Waals surface area contributed by atoms with E-state index in [0.29, 0.717) is 16.3 Å². The number of aromatic amines is 1. The largest absolute Gasteiger partial charge is 0.341 e. The van der Waals surface area contributed by atoms with Crippen molar-refractivity contribution >= 4 is 28.1 Å². The van der Waals surface area contributed by atoms with Crippen LogP contribution in [0.4, 0.5) is 0 Å². The van der Waals surface area contributed by atoms with E-state index in [9.17, 15) is 0 Å². The minimum absolute atomic E-state index is 0.530. The standard InChI is InChI=1S/C10H9BrN4S/c1-5-8(11)10(16)15-9(13-5)7-3-4-12-6(2)14-7/h3-4H,1-2H3,(H,13,15,16). The molecule has 2 aromatic heterocycles. The van der Waals surface area contributed by atoms with Crippen LogP contribution in [0.25, 0.3) is 11.5 Å². The Bertz CT molecular complexity index is 594. The van der Waals surface area contributed by atoms with Crippen molar-refractivity contribution in [2.45, 2.75) is 13.8 Å². The van der Waals surface area contributed by atoms with E-state index in [1.807, 2.05) is 13.8 Å². The molecule has 2 heterocycles. The molecule has 0 aliphatic heterocycles. The Morgan fingerprint density at radius 3 is 2.69 bits per heavy atom. The molecule has 0 fully saturated rings. The van der Waals surface area contributed by atoms with Gasteiger partial charge in [0.1, 0.15) is 16.2 Å². The normalized spacial score (nSPS) is 10.4. The fourth-order valence-corrected chi connectivity index (χ4v) is 1.71. The lowest BCUT2D eigenvalue weighted by molar-refractivity contribution is 1.01. The van der Waals surface area contributed by atoms with Crippen LogP contribution in [0, 0.1) is 18.5 Å². The molecular weight excluding hydrogens is 288 g/mol. The van der Waals surface area contributed by atoms with Crippen molar-refractivity contribution in [1.82, 2.24) is 19.9 Å². The maximum atomic E-state index is 5.14. The van der Waals surface area contributed by atoms with E-state index in [4.69, 9.17) is 12.2 Å². The summed E-state index contributed by atoms with van der Waals surface area (Å²) in [5, 5.41) is 0. The highest BCUT2D eigenvalue weighted by molar-refractivity contribution is 9.10. The molecule has 16 heavy (non-hydrogen) atoms. The Balaban J connectivity index is 2.61. The molecule has 0 aliphatic rings. The lowest BCUT2D eigenvalue weighted by Crippen LogP contribution is -1.97. The first-order valence-electron chi connectivity index (χ1n) is 4.64. The number of nitrogens with zero attached hydrogens (tertiary/aromatic N) is 3. The van der Waals surface area contributed by atoms with E-state index < -0.39 is 0 Å². The third-order valence-corrected chi connectivity index (χ3v) is 3.58. The minimum Gasteiger partial charge on any atom is -0.341 e. The van der Waals surface area contributed by atoms with Crippen molar-refractivity contribution in [2.75, 3.05) is 0 Å². The molecular formula is C10H9BrN4S. The second kappa shape index (κ2) is 4.39. The molecule has 0 amide bonds. The molecule has 6 heteroatoms. The van der Waals surface area contributed by atoms with E-state index in [2.05, 4.69) is 35.9 Å². The topological polar surface area (TPSA) is 54.5 Å². The number of hydrogen-bond donors (Lipinski definition) is 1. The molecule has 82 valence electrons. The summed E-state index contributed by atoms with van der Waals surface area (Å²) in [6.45, 7) is 3.77. The van der Waals surface area contributed by atoms with Gasteiger partial charge in [-0.05, 0) is 35.8 Å². The lowest BCUT2D eigenvalue weighted by atomic mass is 10.3. The molecule has 4 nitrogen and oxygen atoms in total. The summed E-state index contributed by atoms with van der Waals surface area (Å²) in [7, 11) is 0. The summed E-state index contributed by atoms with van der Waals surface area (Å²) in [5.41, 5.74) is 1.68. The van der Waals surface area contributed by atoms with Gasteiger partial charge in [0, 0.05) is 11.9 Å². The molecule has 2 rings (SSSR count). The molecule has 0 saturated carbocycles. The molecule has 0 aromatic carbocycles. The number of hydrogen-bond acceptors (Lipinski definition) is 4. The van der Waals surface area contributed by atoms with E-state index in [1.54, 1.807) is 12.3 Å². The molecule has 2 aromatic rings. The van der Waals surface area contributed by atoms with Gasteiger partial charge in [0.25, 0.3) is 0 Å². The zero-order valence-electron chi connectivity index (χ0n) is 8.78. The predicted molar refractivity (Wildman–Crippen MR) is 67.6 cm³/mol. The molecule has 0 aliphatic carbocycles. The van der Waals surface area contributed by atoms with E-state index in [0.717, 1.165) is 15.9 Å². The summed E-state index contributed by atoms with van der Waals surface area (Å²) in [6.07, 6.45) is 1.70. The Hall–Kier alpha value is -1.14. The second-order valence-corrected chi connectivity index (χ2v) is 4.50. The zero-order chi connectivity index (χ0) is 11.7. The zero-order valence-corrected chi connectivity index (χ0v) is 11.2. The van der Waals surface area contributed by atoms with Gasteiger partial charge in [-0.3, -0.25) is 0 Å². The van der Waals surface area contributed by atoms with Crippen LogP contribution < -0.4 is 0 Å². The number of rotatable bonds is 1. The first kappa shape index (κ1) is 11.3. The highest BCUT2D eigenvalue weighted by Gasteiger charge is 2.06. The van der Waals surface area contributed by atoms with Gasteiger partial charge >= 0.3 is 0 Å². The molecule has 0 unspecified atom stereocenters. The Morgan fingerprint density at radius 1 is 1.31 bits per heavy atom. The maximum Gasteiger partial charge on any atom is 0.158 e. The fraction of sp³-hybridized carbons (Fsp3) is 0.200. The van der Waals surface area contributed by atoms with E-state index >= 15 is 0 Å². The van der Waals surface area contributed by atoms with E-state index in [-0.39, 0.29) is 0 Å². The summed E-state index contributed by atoms with van der Waals surface area (Å²) < 4.78 is 1.35. The molecule has 0 spiro atoms. The van der Waals surface area contributed by atoms with Crippen molar-refractivity contribution in [3.63, 3.8) is 0 Å². The number of halogens is 1. The first-order chi connectivity index (χ1) is 7.58. The summed E-state index contributed by atoms with van der Waals surface area (Å²) in [4.78, 5) is 15.7. The van der Waals surface area contributed by atoms with Crippen molar-refractivity contribution < 1.29 is 0 Å². The monoisotopic (exact) mass is 296 g/mol. The van der Waals surface area contributed by atoms with Gasteiger partial charge in [0.2, 0.25) is 0 Å². The van der Waals surface area contributed by atoms with Crippen molar-refractivity contribution in [1.29, 1.82) is 0 Å². The third-order valence-electron chi connectivity index (χ3n) is 2.05. The Morgan fingerprint density at radius 2 is 2.06 bits per heavy atom. The third kappa shape index (κ3) is 2.17. The van der Waals surface area contributed by atoms with Crippen molar-refractivity contribution in [2.24, 2.45) is 0 Å². The van der Waals surface area contributed by atoms with Crippen molar-refractivity contribution in [3.8, 4) is 11.5 Å². The molecule has 0 radical (unpaired) electrons. The second-order valence-electron chi connectivity index (χ2n) is 3.32. The molecule has 0 atom stereocenters. The average Bonchev–Trinajstić information content (AvgIpc) is 2.25. The average molecular weight is 297 g/mol. The van der Waals surface area contributed by atoms with Gasteiger partial charge in [-0.2, -0.15) is 0 Å². The quantitative estimate of drug-likeness (QED) is 0.822. The summed E-state index contributed by atoms with van der Waals surface area (Å²) >= 11 is 8.51. The number of aryl methyl sites for hydroxylation is 2. The van der Waals surface area contributed by atoms with Gasteiger partial charge in [0.15, 0.2) is 5.82 Å². The van der Waals surface area contributed by atoms with Crippen LogP contribution in [0.2, 0.25) is 0 Å². The van der Waals surface area contributed by atoms with Crippen LogP contribution in [0.5, 0.6) is 0 Å². The fourth-order valence-electron chi connectivity index (χ4n) is 1.28. The van der Waals surface area contributed by atoms with Crippen LogP contribution in [0.1, 0.15) is 11.5 Å². The highest BCUT2D eigenvalue weighted by Crippen LogP contribution is 2.18. The molecule has 0 saturated heterocycles. The number of aromatic nitrogens is 4. The highest BCUT2D eigenvalue weighted by atomic mass is 79.9. The van der Waals surface area contributed by atoms with Gasteiger partial charge in [-0.15, -0.1) is 0 Å². The van der Waals surface area contributed by atoms with Crippen LogP contribution in [-0.2, 0) is 0 Å². The summed E-state index contributed by atoms with van der Waals surface area (Å²) in [6, 6.07) is 1.80. The van der Waals surface area contributed by atoms with Gasteiger partial charge in [-0.25, -0.2) is 15.0 Å². The smallest absolute Gasteiger partial charge is 0.158 e. The SMILES string of the molecule is Cc1nccc(-c2nc(=S)c(Br)c(C)[nH]2)n1. The van der Waals surface area contributed by atoms with Crippen LogP contribution in [0.3, 0.4) is 0 Å². The number of H-pyrrole nitrogens is 1. The molecule has 1 N–H and O–H groups in total. The van der Waals surface area contributed by atoms with Gasteiger partial charge in [0.05, 0.1) is 4.47 Å². The first-order valence-corrected chi connectivity index (χ1v) is 5.84. The lowest BCUT2D eigenvalue weighted by Gasteiger charge is -2.04. The van der Waals surface area contributed by atoms with E-state index in [1.165, 1.54) is 0 Å². The maximum absolute atomic E-state index is 5.14. The van der Waals surface area contributed by atoms with Crippen LogP contribution in [-0.4, -0.2) is 19.9 Å². The van der Waals surface area contributed by atoms with Gasteiger partial charge in [-0.1, -0.05) is 12.2 Å². The molecule has 0 bridgehead atoms. The summed E-state index contributed by atoms with van der Waals surface area (Å²) in [5.74, 6) is 1.37.